The van der Waals surface area contributed by atoms with Crippen molar-refractivity contribution in [3.05, 3.63) is 29.6 Å². The molecule has 6 nitrogen and oxygen atoms in total. The summed E-state index contributed by atoms with van der Waals surface area (Å²) >= 11 is 0. The molecule has 19 heavy (non-hydrogen) atoms. The summed E-state index contributed by atoms with van der Waals surface area (Å²) in [4.78, 5) is 4.30. The van der Waals surface area contributed by atoms with Crippen molar-refractivity contribution in [3.63, 3.8) is 0 Å². The molecule has 0 fully saturated rings. The molecule has 1 N–H and O–H groups in total. The van der Waals surface area contributed by atoms with Gasteiger partial charge in [-0.15, -0.1) is 0 Å². The van der Waals surface area contributed by atoms with Crippen LogP contribution in [-0.2, 0) is 26.6 Å². The van der Waals surface area contributed by atoms with Crippen LogP contribution in [0.5, 0.6) is 0 Å². The van der Waals surface area contributed by atoms with Gasteiger partial charge < -0.3 is 5.32 Å². The fourth-order valence-corrected chi connectivity index (χ4v) is 1.98. The molecule has 0 bridgehead atoms. The first-order chi connectivity index (χ1) is 9.24. The van der Waals surface area contributed by atoms with E-state index < -0.39 is 0 Å². The lowest BCUT2D eigenvalue weighted by Gasteiger charge is -2.07. The third kappa shape index (κ3) is 3.41. The second kappa shape index (κ2) is 6.47. The molecule has 104 valence electrons. The van der Waals surface area contributed by atoms with Crippen LogP contribution in [0.3, 0.4) is 0 Å². The molecule has 0 saturated heterocycles. The molecule has 0 aromatic carbocycles. The molecule has 0 atom stereocenters. The summed E-state index contributed by atoms with van der Waals surface area (Å²) in [6.07, 6.45) is 3.69. The van der Waals surface area contributed by atoms with Gasteiger partial charge in [-0.2, -0.15) is 10.2 Å². The zero-order chi connectivity index (χ0) is 13.7. The van der Waals surface area contributed by atoms with Crippen molar-refractivity contribution in [3.8, 4) is 0 Å². The van der Waals surface area contributed by atoms with Gasteiger partial charge in [0.2, 0.25) is 0 Å². The molecular formula is C13H22N6. The van der Waals surface area contributed by atoms with Crippen LogP contribution in [0.15, 0.2) is 12.4 Å². The Morgan fingerprint density at radius 1 is 1.32 bits per heavy atom. The van der Waals surface area contributed by atoms with Gasteiger partial charge in [-0.25, -0.2) is 9.67 Å². The largest absolute Gasteiger partial charge is 0.310 e. The predicted molar refractivity (Wildman–Crippen MR) is 73.7 cm³/mol. The summed E-state index contributed by atoms with van der Waals surface area (Å²) in [6.45, 7) is 6.73. The van der Waals surface area contributed by atoms with E-state index in [-0.39, 0.29) is 0 Å². The third-order valence-corrected chi connectivity index (χ3v) is 3.11. The van der Waals surface area contributed by atoms with Gasteiger partial charge in [0.25, 0.3) is 0 Å². The van der Waals surface area contributed by atoms with Crippen LogP contribution in [0.25, 0.3) is 0 Å². The first-order valence-corrected chi connectivity index (χ1v) is 6.83. The Hall–Kier alpha value is -1.69. The van der Waals surface area contributed by atoms with Gasteiger partial charge in [-0.05, 0) is 25.5 Å². The summed E-state index contributed by atoms with van der Waals surface area (Å²) in [5.74, 6) is 0.965. The molecule has 2 rings (SSSR count). The first-order valence-electron chi connectivity index (χ1n) is 6.83. The number of nitrogens with one attached hydrogen (secondary N) is 1. The Morgan fingerprint density at radius 3 is 2.84 bits per heavy atom. The minimum Gasteiger partial charge on any atom is -0.310 e. The van der Waals surface area contributed by atoms with Crippen LogP contribution in [0.2, 0.25) is 0 Å². The van der Waals surface area contributed by atoms with Crippen molar-refractivity contribution >= 4 is 0 Å². The monoisotopic (exact) mass is 262 g/mol. The Kier molecular flexibility index (Phi) is 4.68. The Morgan fingerprint density at radius 2 is 2.16 bits per heavy atom. The summed E-state index contributed by atoms with van der Waals surface area (Å²) < 4.78 is 3.85. The number of nitrogens with zero attached hydrogens (tertiary/aromatic N) is 5. The van der Waals surface area contributed by atoms with Gasteiger partial charge >= 0.3 is 0 Å². The standard InChI is InChI=1S/C13H22N6/c1-4-6-14-8-13-15-10-16-19(13)9-12-7-11(5-2)17-18(12)3/h7,10,14H,4-6,8-9H2,1-3H3. The Bertz CT molecular complexity index is 513. The SMILES string of the molecule is CCCNCc1ncnn1Cc1cc(CC)nn1C. The maximum Gasteiger partial charge on any atom is 0.141 e. The lowest BCUT2D eigenvalue weighted by atomic mass is 10.3. The van der Waals surface area contributed by atoms with Crippen molar-refractivity contribution in [2.45, 2.75) is 39.8 Å². The molecule has 0 aliphatic carbocycles. The lowest BCUT2D eigenvalue weighted by molar-refractivity contribution is 0.560. The van der Waals surface area contributed by atoms with Crippen LogP contribution in [0, 0.1) is 0 Å². The zero-order valence-corrected chi connectivity index (χ0v) is 11.9. The van der Waals surface area contributed by atoms with E-state index in [4.69, 9.17) is 0 Å². The van der Waals surface area contributed by atoms with E-state index in [1.165, 1.54) is 0 Å². The van der Waals surface area contributed by atoms with Crippen molar-refractivity contribution in [1.29, 1.82) is 0 Å². The number of hydrogen-bond donors (Lipinski definition) is 1. The normalized spacial score (nSPS) is 11.1. The smallest absolute Gasteiger partial charge is 0.141 e. The van der Waals surface area contributed by atoms with E-state index in [0.29, 0.717) is 6.54 Å². The maximum atomic E-state index is 4.45. The molecule has 2 aromatic heterocycles. The number of rotatable bonds is 7. The third-order valence-electron chi connectivity index (χ3n) is 3.11. The maximum absolute atomic E-state index is 4.45. The molecule has 0 radical (unpaired) electrons. The second-order valence-electron chi connectivity index (χ2n) is 4.61. The van der Waals surface area contributed by atoms with Crippen molar-refractivity contribution < 1.29 is 0 Å². The number of aromatic nitrogens is 5. The average Bonchev–Trinajstić information content (AvgIpc) is 2.98. The molecule has 2 heterocycles. The van der Waals surface area contributed by atoms with Crippen molar-refractivity contribution in [2.75, 3.05) is 6.54 Å². The van der Waals surface area contributed by atoms with E-state index in [2.05, 4.69) is 40.4 Å². The minimum atomic E-state index is 0.715. The Labute approximate surface area is 113 Å². The second-order valence-corrected chi connectivity index (χ2v) is 4.61. The van der Waals surface area contributed by atoms with E-state index in [0.717, 1.165) is 43.1 Å². The van der Waals surface area contributed by atoms with Crippen LogP contribution in [-0.4, -0.2) is 31.1 Å². The molecule has 0 amide bonds. The molecule has 0 aliphatic heterocycles. The Balaban J connectivity index is 2.06. The summed E-state index contributed by atoms with van der Waals surface area (Å²) in [7, 11) is 1.97. The van der Waals surface area contributed by atoms with Crippen molar-refractivity contribution in [1.82, 2.24) is 29.9 Å². The highest BCUT2D eigenvalue weighted by molar-refractivity contribution is 5.10. The quantitative estimate of drug-likeness (QED) is 0.760. The predicted octanol–water partition coefficient (Wildman–Crippen LogP) is 1.12. The van der Waals surface area contributed by atoms with Crippen LogP contribution in [0.4, 0.5) is 0 Å². The lowest BCUT2D eigenvalue weighted by Crippen LogP contribution is -2.19. The summed E-state index contributed by atoms with van der Waals surface area (Å²) in [5, 5.41) is 12.1. The highest BCUT2D eigenvalue weighted by Crippen LogP contribution is 2.07. The number of hydrogen-bond acceptors (Lipinski definition) is 4. The van der Waals surface area contributed by atoms with E-state index in [9.17, 15) is 0 Å². The van der Waals surface area contributed by atoms with E-state index in [1.54, 1.807) is 6.33 Å². The van der Waals surface area contributed by atoms with E-state index in [1.807, 2.05) is 16.4 Å². The van der Waals surface area contributed by atoms with Gasteiger partial charge in [0.1, 0.15) is 12.2 Å². The van der Waals surface area contributed by atoms with Crippen LogP contribution < -0.4 is 5.32 Å². The topological polar surface area (TPSA) is 60.6 Å². The van der Waals surface area contributed by atoms with Gasteiger partial charge in [-0.1, -0.05) is 13.8 Å². The van der Waals surface area contributed by atoms with Crippen molar-refractivity contribution in [2.24, 2.45) is 7.05 Å². The molecule has 0 saturated carbocycles. The molecule has 0 aliphatic rings. The minimum absolute atomic E-state index is 0.715. The molecule has 0 spiro atoms. The summed E-state index contributed by atoms with van der Waals surface area (Å²) in [5.41, 5.74) is 2.27. The molecule has 2 aromatic rings. The molecular weight excluding hydrogens is 240 g/mol. The van der Waals surface area contributed by atoms with Crippen LogP contribution in [0.1, 0.15) is 37.5 Å². The fraction of sp³-hybridized carbons (Fsp3) is 0.615. The highest BCUT2D eigenvalue weighted by atomic mass is 15.4. The van der Waals surface area contributed by atoms with Gasteiger partial charge in [-0.3, -0.25) is 4.68 Å². The molecule has 0 unspecified atom stereocenters. The van der Waals surface area contributed by atoms with Crippen LogP contribution >= 0.6 is 0 Å². The molecule has 6 heteroatoms. The zero-order valence-electron chi connectivity index (χ0n) is 11.9. The fourth-order valence-electron chi connectivity index (χ4n) is 1.98. The highest BCUT2D eigenvalue weighted by Gasteiger charge is 2.08. The van der Waals surface area contributed by atoms with Gasteiger partial charge in [0.15, 0.2) is 0 Å². The van der Waals surface area contributed by atoms with Gasteiger partial charge in [0.05, 0.1) is 24.5 Å². The van der Waals surface area contributed by atoms with Gasteiger partial charge in [0, 0.05) is 7.05 Å². The average molecular weight is 262 g/mol. The van der Waals surface area contributed by atoms with E-state index >= 15 is 0 Å². The summed E-state index contributed by atoms with van der Waals surface area (Å²) in [6, 6.07) is 2.13. The first kappa shape index (κ1) is 13.7. The number of aryl methyl sites for hydroxylation is 2.